The standard InChI is InChI=1S/C35H44N4O8/c1-23(2)21-39(22-31(42)32(43)47-18-17-37-25(4)41)34(46)38-35(33(44)45,15-16-36-24(3)40)20-26-9-11-28(12-10-26)30-14-13-27-7-5-6-8-29(27)19-30/h5-14,19,23,31,42H,15-18,20-22H2,1-4H3,(H,36,40)(H,37,41)(H,38,46)(H,44,45)/t31?,35-/m1/s1. The first-order valence-corrected chi connectivity index (χ1v) is 15.5. The smallest absolute Gasteiger partial charge is 0.336 e. The van der Waals surface area contributed by atoms with Gasteiger partial charge in [0.2, 0.25) is 11.8 Å². The molecule has 3 aromatic carbocycles. The number of fused-ring (bicyclic) bond motifs is 1. The SMILES string of the molecule is CC(=O)NCCOC(=O)C(O)CN(CC(C)C)C(=O)N[C@](CCNC(C)=O)(Cc1ccc(-c2ccc3ccccc3c2)cc1)C(=O)O. The number of carboxylic acids is 1. The topological polar surface area (TPSA) is 174 Å². The molecule has 1 unspecified atom stereocenters. The van der Waals surface area contributed by atoms with E-state index in [9.17, 15) is 34.2 Å². The molecule has 47 heavy (non-hydrogen) atoms. The van der Waals surface area contributed by atoms with Crippen LogP contribution in [0.3, 0.4) is 0 Å². The third-order valence-electron chi connectivity index (χ3n) is 7.48. The lowest BCUT2D eigenvalue weighted by molar-refractivity contribution is -0.154. The van der Waals surface area contributed by atoms with Crippen LogP contribution in [0.4, 0.5) is 4.79 Å². The van der Waals surface area contributed by atoms with Crippen molar-refractivity contribution in [3.05, 3.63) is 72.3 Å². The molecule has 4 amide bonds. The van der Waals surface area contributed by atoms with Crippen molar-refractivity contribution in [3.63, 3.8) is 0 Å². The molecule has 12 heteroatoms. The fraction of sp³-hybridized carbons (Fsp3) is 0.400. The first kappa shape index (κ1) is 36.5. The summed E-state index contributed by atoms with van der Waals surface area (Å²) in [5, 5.41) is 31.0. The monoisotopic (exact) mass is 648 g/mol. The molecule has 0 aliphatic heterocycles. The molecular formula is C35H44N4O8. The fourth-order valence-corrected chi connectivity index (χ4v) is 5.14. The van der Waals surface area contributed by atoms with Gasteiger partial charge in [-0.3, -0.25) is 9.59 Å². The summed E-state index contributed by atoms with van der Waals surface area (Å²) in [7, 11) is 0. The van der Waals surface area contributed by atoms with E-state index in [1.807, 2.05) is 62.4 Å². The summed E-state index contributed by atoms with van der Waals surface area (Å²) >= 11 is 0. The summed E-state index contributed by atoms with van der Waals surface area (Å²) in [6, 6.07) is 20.7. The predicted molar refractivity (Wildman–Crippen MR) is 177 cm³/mol. The second kappa shape index (κ2) is 17.1. The van der Waals surface area contributed by atoms with Crippen molar-refractivity contribution in [1.82, 2.24) is 20.9 Å². The number of aliphatic carboxylic acids is 1. The maximum absolute atomic E-state index is 13.7. The minimum atomic E-state index is -1.84. The first-order valence-electron chi connectivity index (χ1n) is 15.5. The summed E-state index contributed by atoms with van der Waals surface area (Å²) in [6.45, 7) is 5.80. The number of benzene rings is 3. The minimum Gasteiger partial charge on any atom is -0.479 e. The van der Waals surface area contributed by atoms with Gasteiger partial charge in [0.25, 0.3) is 0 Å². The number of rotatable bonds is 16. The first-order chi connectivity index (χ1) is 22.3. The number of nitrogens with zero attached hydrogens (tertiary/aromatic N) is 1. The largest absolute Gasteiger partial charge is 0.479 e. The third-order valence-corrected chi connectivity index (χ3v) is 7.48. The van der Waals surface area contributed by atoms with Gasteiger partial charge in [-0.2, -0.15) is 0 Å². The number of hydrogen-bond donors (Lipinski definition) is 5. The normalized spacial score (nSPS) is 12.9. The Morgan fingerprint density at radius 2 is 1.45 bits per heavy atom. The Morgan fingerprint density at radius 3 is 2.06 bits per heavy atom. The van der Waals surface area contributed by atoms with Crippen LogP contribution in [-0.2, 0) is 30.3 Å². The molecule has 0 aromatic heterocycles. The molecule has 252 valence electrons. The summed E-state index contributed by atoms with van der Waals surface area (Å²) < 4.78 is 5.00. The molecule has 0 bridgehead atoms. The molecule has 12 nitrogen and oxygen atoms in total. The number of carbonyl (C=O) groups is 5. The Balaban J connectivity index is 1.83. The van der Waals surface area contributed by atoms with Crippen molar-refractivity contribution in [2.45, 2.75) is 52.2 Å². The van der Waals surface area contributed by atoms with E-state index < -0.39 is 36.2 Å². The number of ether oxygens (including phenoxy) is 1. The highest BCUT2D eigenvalue weighted by Crippen LogP contribution is 2.26. The van der Waals surface area contributed by atoms with Gasteiger partial charge in [-0.1, -0.05) is 74.5 Å². The molecular weight excluding hydrogens is 604 g/mol. The third kappa shape index (κ3) is 11.1. The van der Waals surface area contributed by atoms with Crippen molar-refractivity contribution in [1.29, 1.82) is 0 Å². The van der Waals surface area contributed by atoms with Crippen LogP contribution in [0.1, 0.15) is 39.7 Å². The number of aliphatic hydroxyl groups excluding tert-OH is 1. The minimum absolute atomic E-state index is 0.0233. The Morgan fingerprint density at radius 1 is 0.830 bits per heavy atom. The summed E-state index contributed by atoms with van der Waals surface area (Å²) in [5.74, 6) is -3.04. The van der Waals surface area contributed by atoms with Gasteiger partial charge in [-0.05, 0) is 45.9 Å². The van der Waals surface area contributed by atoms with Crippen LogP contribution in [0.5, 0.6) is 0 Å². The predicted octanol–water partition coefficient (Wildman–Crippen LogP) is 3.11. The molecule has 0 saturated heterocycles. The Hall–Kier alpha value is -4.97. The van der Waals surface area contributed by atoms with Crippen molar-refractivity contribution in [2.24, 2.45) is 5.92 Å². The zero-order valence-corrected chi connectivity index (χ0v) is 27.2. The van der Waals surface area contributed by atoms with Gasteiger partial charge >= 0.3 is 18.0 Å². The lowest BCUT2D eigenvalue weighted by Gasteiger charge is -2.35. The van der Waals surface area contributed by atoms with Crippen LogP contribution in [0, 0.1) is 5.92 Å². The summed E-state index contributed by atoms with van der Waals surface area (Å²) in [6.07, 6.45) is -1.95. The lowest BCUT2D eigenvalue weighted by atomic mass is 9.86. The van der Waals surface area contributed by atoms with Gasteiger partial charge in [0.15, 0.2) is 6.10 Å². The van der Waals surface area contributed by atoms with Crippen LogP contribution in [0.2, 0.25) is 0 Å². The van der Waals surface area contributed by atoms with Gasteiger partial charge in [0.05, 0.1) is 13.1 Å². The number of nitrogens with one attached hydrogen (secondary N) is 3. The van der Waals surface area contributed by atoms with Gasteiger partial charge in [0.1, 0.15) is 12.1 Å². The Labute approximate surface area is 274 Å². The van der Waals surface area contributed by atoms with E-state index in [1.165, 1.54) is 18.7 Å². The number of hydrogen-bond acceptors (Lipinski definition) is 7. The Kier molecular flexibility index (Phi) is 13.3. The molecule has 0 fully saturated rings. The molecule has 0 spiro atoms. The van der Waals surface area contributed by atoms with E-state index in [4.69, 9.17) is 4.74 Å². The highest BCUT2D eigenvalue weighted by molar-refractivity contribution is 5.88. The van der Waals surface area contributed by atoms with E-state index in [0.717, 1.165) is 21.9 Å². The maximum Gasteiger partial charge on any atom is 0.336 e. The van der Waals surface area contributed by atoms with Crippen LogP contribution >= 0.6 is 0 Å². The Bertz CT molecular complexity index is 1560. The fourth-order valence-electron chi connectivity index (χ4n) is 5.14. The number of carboxylic acid groups (broad SMARTS) is 1. The van der Waals surface area contributed by atoms with Gasteiger partial charge < -0.3 is 35.8 Å². The summed E-state index contributed by atoms with van der Waals surface area (Å²) in [5.41, 5.74) is 0.723. The average molecular weight is 649 g/mol. The number of amides is 4. The molecule has 0 aliphatic rings. The molecule has 0 aliphatic carbocycles. The van der Waals surface area contributed by atoms with Crippen LogP contribution in [0.25, 0.3) is 21.9 Å². The van der Waals surface area contributed by atoms with E-state index in [2.05, 4.69) is 22.0 Å². The number of urea groups is 1. The van der Waals surface area contributed by atoms with Crippen molar-refractivity contribution >= 4 is 40.6 Å². The van der Waals surface area contributed by atoms with Crippen molar-refractivity contribution in [2.75, 3.05) is 32.8 Å². The zero-order chi connectivity index (χ0) is 34.6. The molecule has 3 aromatic rings. The van der Waals surface area contributed by atoms with Crippen LogP contribution < -0.4 is 16.0 Å². The van der Waals surface area contributed by atoms with Crippen LogP contribution in [-0.4, -0.2) is 89.3 Å². The molecule has 0 radical (unpaired) electrons. The van der Waals surface area contributed by atoms with Gasteiger partial charge in [-0.15, -0.1) is 0 Å². The van der Waals surface area contributed by atoms with E-state index >= 15 is 0 Å². The van der Waals surface area contributed by atoms with Gasteiger partial charge in [0, 0.05) is 33.4 Å². The maximum atomic E-state index is 13.7. The highest BCUT2D eigenvalue weighted by atomic mass is 16.5. The van der Waals surface area contributed by atoms with E-state index in [1.54, 1.807) is 12.1 Å². The second-order valence-corrected chi connectivity index (χ2v) is 12.0. The molecule has 0 heterocycles. The second-order valence-electron chi connectivity index (χ2n) is 12.0. The number of aliphatic hydroxyl groups is 1. The molecule has 3 rings (SSSR count). The van der Waals surface area contributed by atoms with Crippen LogP contribution in [0.15, 0.2) is 66.7 Å². The molecule has 5 N–H and O–H groups in total. The quantitative estimate of drug-likeness (QED) is 0.116. The van der Waals surface area contributed by atoms with Gasteiger partial charge in [-0.25, -0.2) is 14.4 Å². The zero-order valence-electron chi connectivity index (χ0n) is 27.2. The molecule has 2 atom stereocenters. The van der Waals surface area contributed by atoms with Crippen molar-refractivity contribution in [3.8, 4) is 11.1 Å². The van der Waals surface area contributed by atoms with E-state index in [-0.39, 0.29) is 56.8 Å². The lowest BCUT2D eigenvalue weighted by Crippen LogP contribution is -2.61. The number of carbonyl (C=O) groups excluding carboxylic acids is 4. The highest BCUT2D eigenvalue weighted by Gasteiger charge is 2.41. The average Bonchev–Trinajstić information content (AvgIpc) is 3.02. The molecule has 0 saturated carbocycles. The van der Waals surface area contributed by atoms with E-state index in [0.29, 0.717) is 5.56 Å². The number of esters is 1. The van der Waals surface area contributed by atoms with Crippen molar-refractivity contribution < 1.29 is 38.9 Å². The summed E-state index contributed by atoms with van der Waals surface area (Å²) in [4.78, 5) is 62.8.